The summed E-state index contributed by atoms with van der Waals surface area (Å²) in [6, 6.07) is 3.69. The first-order valence-corrected chi connectivity index (χ1v) is 7.46. The molecule has 0 heterocycles. The Kier molecular flexibility index (Phi) is 6.13. The zero-order valence-electron chi connectivity index (χ0n) is 7.77. The van der Waals surface area contributed by atoms with Gasteiger partial charge in [-0.25, -0.2) is 0 Å². The lowest BCUT2D eigenvalue weighted by Gasteiger charge is -2.11. The minimum absolute atomic E-state index is 0.105. The highest BCUT2D eigenvalue weighted by Crippen LogP contribution is 2.38. The van der Waals surface area contributed by atoms with Crippen LogP contribution in [-0.4, -0.2) is 5.01 Å². The third-order valence-corrected chi connectivity index (χ3v) is 5.70. The average molecular weight is 468 g/mol. The van der Waals surface area contributed by atoms with Crippen molar-refractivity contribution in [3.8, 4) is 5.75 Å². The number of halogens is 4. The van der Waals surface area contributed by atoms with Crippen LogP contribution in [0.1, 0.15) is 13.3 Å². The molecule has 0 bridgehead atoms. The maximum Gasteiger partial charge on any atom is 0.180 e. The standard InChI is InChI=1S/C9H8Br4O2/c1-2-7(11)15-14-6-4-3-5(10)8(12)9(6)13/h3-4,7H,2H2,1H3. The molecular formula is C9H8Br4O2. The van der Waals surface area contributed by atoms with Crippen molar-refractivity contribution in [1.82, 2.24) is 0 Å². The van der Waals surface area contributed by atoms with Gasteiger partial charge in [0, 0.05) is 8.95 Å². The summed E-state index contributed by atoms with van der Waals surface area (Å²) in [5, 5.41) is -0.105. The normalized spacial score (nSPS) is 12.6. The van der Waals surface area contributed by atoms with E-state index in [0.29, 0.717) is 5.75 Å². The third kappa shape index (κ3) is 4.00. The largest absolute Gasteiger partial charge is 0.335 e. The molecule has 0 saturated heterocycles. The summed E-state index contributed by atoms with van der Waals surface area (Å²) in [6.45, 7) is 2.00. The van der Waals surface area contributed by atoms with Gasteiger partial charge < -0.3 is 4.89 Å². The van der Waals surface area contributed by atoms with E-state index in [1.807, 2.05) is 19.1 Å². The van der Waals surface area contributed by atoms with Gasteiger partial charge in [0.05, 0.1) is 4.47 Å². The van der Waals surface area contributed by atoms with Crippen LogP contribution in [0, 0.1) is 0 Å². The summed E-state index contributed by atoms with van der Waals surface area (Å²) in [7, 11) is 0. The third-order valence-electron chi connectivity index (χ3n) is 1.56. The minimum Gasteiger partial charge on any atom is -0.335 e. The fourth-order valence-electron chi connectivity index (χ4n) is 0.745. The second-order valence-corrected chi connectivity index (χ2v) is 6.13. The van der Waals surface area contributed by atoms with Crippen molar-refractivity contribution in [1.29, 1.82) is 0 Å². The molecule has 0 saturated carbocycles. The van der Waals surface area contributed by atoms with Gasteiger partial charge in [0.2, 0.25) is 0 Å². The summed E-state index contributed by atoms with van der Waals surface area (Å²) in [4.78, 5) is 10.3. The van der Waals surface area contributed by atoms with E-state index in [0.717, 1.165) is 19.8 Å². The lowest BCUT2D eigenvalue weighted by Crippen LogP contribution is -2.06. The van der Waals surface area contributed by atoms with Crippen molar-refractivity contribution < 1.29 is 9.78 Å². The fraction of sp³-hybridized carbons (Fsp3) is 0.333. The molecule has 1 unspecified atom stereocenters. The molecule has 0 N–H and O–H groups in total. The van der Waals surface area contributed by atoms with E-state index in [1.165, 1.54) is 0 Å². The predicted molar refractivity (Wildman–Crippen MR) is 74.3 cm³/mol. The van der Waals surface area contributed by atoms with Crippen molar-refractivity contribution in [2.24, 2.45) is 0 Å². The van der Waals surface area contributed by atoms with Gasteiger partial charge in [-0.3, -0.25) is 0 Å². The first kappa shape index (κ1) is 14.0. The molecule has 84 valence electrons. The molecule has 1 rings (SSSR count). The molecule has 15 heavy (non-hydrogen) atoms. The Labute approximate surface area is 122 Å². The highest BCUT2D eigenvalue weighted by atomic mass is 79.9. The Balaban J connectivity index is 2.74. The molecule has 2 nitrogen and oxygen atoms in total. The van der Waals surface area contributed by atoms with Gasteiger partial charge in [0.25, 0.3) is 0 Å². The van der Waals surface area contributed by atoms with Crippen molar-refractivity contribution in [2.75, 3.05) is 0 Å². The van der Waals surface area contributed by atoms with E-state index < -0.39 is 0 Å². The van der Waals surface area contributed by atoms with Crippen LogP contribution >= 0.6 is 63.7 Å². The molecule has 0 aromatic heterocycles. The number of benzene rings is 1. The predicted octanol–water partition coefficient (Wildman–Crippen LogP) is 5.42. The zero-order chi connectivity index (χ0) is 11.4. The molecule has 1 atom stereocenters. The lowest BCUT2D eigenvalue weighted by molar-refractivity contribution is -0.217. The van der Waals surface area contributed by atoms with Gasteiger partial charge in [-0.2, -0.15) is 4.89 Å². The molecule has 0 aliphatic heterocycles. The van der Waals surface area contributed by atoms with E-state index >= 15 is 0 Å². The van der Waals surface area contributed by atoms with Crippen molar-refractivity contribution in [3.63, 3.8) is 0 Å². The Morgan fingerprint density at radius 2 is 1.87 bits per heavy atom. The van der Waals surface area contributed by atoms with E-state index in [9.17, 15) is 0 Å². The van der Waals surface area contributed by atoms with Crippen molar-refractivity contribution in [3.05, 3.63) is 25.6 Å². The number of alkyl halides is 1. The average Bonchev–Trinajstić information content (AvgIpc) is 2.24. The van der Waals surface area contributed by atoms with Crippen LogP contribution in [0.5, 0.6) is 5.75 Å². The Bertz CT molecular complexity index is 343. The highest BCUT2D eigenvalue weighted by molar-refractivity contribution is 9.14. The van der Waals surface area contributed by atoms with Crippen LogP contribution in [0.15, 0.2) is 25.6 Å². The van der Waals surface area contributed by atoms with Crippen LogP contribution in [-0.2, 0) is 4.89 Å². The van der Waals surface area contributed by atoms with Gasteiger partial charge in [-0.05, 0) is 66.3 Å². The smallest absolute Gasteiger partial charge is 0.180 e. The van der Waals surface area contributed by atoms with Crippen LogP contribution < -0.4 is 4.89 Å². The lowest BCUT2D eigenvalue weighted by atomic mass is 10.3. The van der Waals surface area contributed by atoms with Crippen LogP contribution in [0.3, 0.4) is 0 Å². The topological polar surface area (TPSA) is 18.5 Å². The molecule has 6 heteroatoms. The van der Waals surface area contributed by atoms with E-state index in [1.54, 1.807) is 0 Å². The first-order valence-electron chi connectivity index (χ1n) is 4.17. The zero-order valence-corrected chi connectivity index (χ0v) is 14.1. The Hall–Kier alpha value is 0.900. The van der Waals surface area contributed by atoms with Gasteiger partial charge in [0.1, 0.15) is 0 Å². The molecule has 0 aliphatic carbocycles. The number of hydrogen-bond donors (Lipinski definition) is 0. The van der Waals surface area contributed by atoms with Crippen LogP contribution in [0.2, 0.25) is 0 Å². The minimum atomic E-state index is -0.105. The molecule has 0 radical (unpaired) electrons. The van der Waals surface area contributed by atoms with E-state index in [4.69, 9.17) is 9.78 Å². The molecule has 0 amide bonds. The summed E-state index contributed by atoms with van der Waals surface area (Å²) in [5.41, 5.74) is 0. The summed E-state index contributed by atoms with van der Waals surface area (Å²) >= 11 is 13.5. The molecular weight excluding hydrogens is 460 g/mol. The monoisotopic (exact) mass is 464 g/mol. The summed E-state index contributed by atoms with van der Waals surface area (Å²) in [6.07, 6.45) is 0.829. The van der Waals surface area contributed by atoms with E-state index in [-0.39, 0.29) is 5.01 Å². The molecule has 0 spiro atoms. The van der Waals surface area contributed by atoms with Crippen molar-refractivity contribution in [2.45, 2.75) is 18.4 Å². The summed E-state index contributed by atoms with van der Waals surface area (Å²) < 4.78 is 2.66. The Morgan fingerprint density at radius 1 is 1.20 bits per heavy atom. The van der Waals surface area contributed by atoms with Crippen LogP contribution in [0.25, 0.3) is 0 Å². The van der Waals surface area contributed by atoms with E-state index in [2.05, 4.69) is 63.7 Å². The van der Waals surface area contributed by atoms with Crippen molar-refractivity contribution >= 4 is 63.7 Å². The van der Waals surface area contributed by atoms with Crippen LogP contribution in [0.4, 0.5) is 0 Å². The quantitative estimate of drug-likeness (QED) is 0.255. The summed E-state index contributed by atoms with van der Waals surface area (Å²) in [5.74, 6) is 0.628. The molecule has 1 aromatic carbocycles. The molecule has 1 aromatic rings. The number of hydrogen-bond acceptors (Lipinski definition) is 2. The second-order valence-electron chi connectivity index (χ2n) is 2.67. The first-order chi connectivity index (χ1) is 7.06. The molecule has 0 fully saturated rings. The highest BCUT2D eigenvalue weighted by Gasteiger charge is 2.11. The SMILES string of the molecule is CCC(Br)OOc1ccc(Br)c(Br)c1Br. The second kappa shape index (κ2) is 6.59. The maximum absolute atomic E-state index is 5.18. The number of rotatable bonds is 4. The maximum atomic E-state index is 5.18. The molecule has 0 aliphatic rings. The fourth-order valence-corrected chi connectivity index (χ4v) is 2.16. The Morgan fingerprint density at radius 3 is 2.47 bits per heavy atom. The van der Waals surface area contributed by atoms with Gasteiger partial charge in [-0.15, -0.1) is 0 Å². The van der Waals surface area contributed by atoms with Gasteiger partial charge in [-0.1, -0.05) is 22.9 Å². The van der Waals surface area contributed by atoms with Gasteiger partial charge >= 0.3 is 0 Å². The van der Waals surface area contributed by atoms with Gasteiger partial charge in [0.15, 0.2) is 10.8 Å².